The molecule has 1 aromatic heterocycles. The standard InChI is InChI=1S/C19H29N5O2/c25-17(3-1-10-24-15-20-14-21-24)22-9-2-7-19(12-22)8-6-18(26)23(13-19)11-16-4-5-16/h14-16H,1-13H2. The maximum atomic E-state index is 12.7. The summed E-state index contributed by atoms with van der Waals surface area (Å²) >= 11 is 0. The minimum absolute atomic E-state index is 0.128. The maximum Gasteiger partial charge on any atom is 0.222 e. The zero-order chi connectivity index (χ0) is 18.0. The molecule has 1 saturated carbocycles. The molecule has 0 radical (unpaired) electrons. The van der Waals surface area contributed by atoms with Crippen LogP contribution in [0.2, 0.25) is 0 Å². The van der Waals surface area contributed by atoms with E-state index in [9.17, 15) is 9.59 Å². The number of aryl methyl sites for hydroxylation is 1. The van der Waals surface area contributed by atoms with Crippen LogP contribution >= 0.6 is 0 Å². The maximum absolute atomic E-state index is 12.7. The van der Waals surface area contributed by atoms with Crippen molar-refractivity contribution < 1.29 is 9.59 Å². The van der Waals surface area contributed by atoms with Crippen molar-refractivity contribution in [3.8, 4) is 0 Å². The van der Waals surface area contributed by atoms with Gasteiger partial charge in [0.25, 0.3) is 0 Å². The molecule has 1 atom stereocenters. The highest BCUT2D eigenvalue weighted by molar-refractivity contribution is 5.78. The van der Waals surface area contributed by atoms with Gasteiger partial charge >= 0.3 is 0 Å². The third kappa shape index (κ3) is 4.07. The molecule has 2 aliphatic heterocycles. The van der Waals surface area contributed by atoms with Gasteiger partial charge in [0, 0.05) is 51.0 Å². The first-order chi connectivity index (χ1) is 12.6. The van der Waals surface area contributed by atoms with Crippen molar-refractivity contribution in [2.45, 2.75) is 57.9 Å². The average Bonchev–Trinajstić information content (AvgIpc) is 3.30. The molecule has 1 spiro atoms. The Morgan fingerprint density at radius 1 is 1.27 bits per heavy atom. The van der Waals surface area contributed by atoms with E-state index in [1.54, 1.807) is 11.0 Å². The highest BCUT2D eigenvalue weighted by atomic mass is 16.2. The first-order valence-electron chi connectivity index (χ1n) is 10.0. The summed E-state index contributed by atoms with van der Waals surface area (Å²) in [6.45, 7) is 4.20. The Labute approximate surface area is 154 Å². The summed E-state index contributed by atoms with van der Waals surface area (Å²) < 4.78 is 1.77. The van der Waals surface area contributed by atoms with Crippen molar-refractivity contribution in [2.24, 2.45) is 11.3 Å². The summed E-state index contributed by atoms with van der Waals surface area (Å²) in [5.41, 5.74) is 0.128. The van der Waals surface area contributed by atoms with Crippen LogP contribution in [0, 0.1) is 11.3 Å². The molecular formula is C19H29N5O2. The third-order valence-electron chi connectivity index (χ3n) is 6.18. The lowest BCUT2D eigenvalue weighted by Gasteiger charge is -2.48. The fraction of sp³-hybridized carbons (Fsp3) is 0.789. The second-order valence-electron chi connectivity index (χ2n) is 8.40. The average molecular weight is 359 g/mol. The van der Waals surface area contributed by atoms with Crippen molar-refractivity contribution in [1.82, 2.24) is 24.6 Å². The van der Waals surface area contributed by atoms with Gasteiger partial charge in [0.05, 0.1) is 0 Å². The lowest BCUT2D eigenvalue weighted by Crippen LogP contribution is -2.55. The summed E-state index contributed by atoms with van der Waals surface area (Å²) in [6.07, 6.45) is 10.9. The first-order valence-corrected chi connectivity index (χ1v) is 10.0. The van der Waals surface area contributed by atoms with Gasteiger partial charge in [-0.15, -0.1) is 0 Å². The zero-order valence-corrected chi connectivity index (χ0v) is 15.5. The molecule has 142 valence electrons. The normalized spacial score (nSPS) is 26.5. The van der Waals surface area contributed by atoms with Gasteiger partial charge in [-0.1, -0.05) is 0 Å². The van der Waals surface area contributed by atoms with E-state index in [-0.39, 0.29) is 11.3 Å². The van der Waals surface area contributed by atoms with Crippen LogP contribution in [-0.4, -0.2) is 62.6 Å². The van der Waals surface area contributed by atoms with Crippen LogP contribution in [0.5, 0.6) is 0 Å². The zero-order valence-electron chi connectivity index (χ0n) is 15.5. The minimum atomic E-state index is 0.128. The van der Waals surface area contributed by atoms with Crippen LogP contribution in [0.4, 0.5) is 0 Å². The van der Waals surface area contributed by atoms with Gasteiger partial charge in [-0.2, -0.15) is 5.10 Å². The second-order valence-corrected chi connectivity index (χ2v) is 8.40. The fourth-order valence-electron chi connectivity index (χ4n) is 4.53. The molecule has 26 heavy (non-hydrogen) atoms. The predicted octanol–water partition coefficient (Wildman–Crippen LogP) is 1.70. The molecule has 0 aromatic carbocycles. The van der Waals surface area contributed by atoms with E-state index in [1.165, 1.54) is 19.2 Å². The summed E-state index contributed by atoms with van der Waals surface area (Å²) in [5, 5.41) is 4.08. The van der Waals surface area contributed by atoms with Crippen LogP contribution < -0.4 is 0 Å². The predicted molar refractivity (Wildman–Crippen MR) is 96.0 cm³/mol. The molecule has 3 fully saturated rings. The van der Waals surface area contributed by atoms with Crippen LogP contribution in [0.1, 0.15) is 51.4 Å². The summed E-state index contributed by atoms with van der Waals surface area (Å²) in [6, 6.07) is 0. The number of amides is 2. The van der Waals surface area contributed by atoms with E-state index in [4.69, 9.17) is 0 Å². The molecule has 1 unspecified atom stereocenters. The number of carbonyl (C=O) groups is 2. The molecule has 1 aromatic rings. The molecule has 7 heteroatoms. The largest absolute Gasteiger partial charge is 0.342 e. The summed E-state index contributed by atoms with van der Waals surface area (Å²) in [7, 11) is 0. The Bertz CT molecular complexity index is 642. The molecule has 4 rings (SSSR count). The molecule has 2 saturated heterocycles. The van der Waals surface area contributed by atoms with Crippen molar-refractivity contribution in [2.75, 3.05) is 26.2 Å². The van der Waals surface area contributed by atoms with Crippen LogP contribution in [0.15, 0.2) is 12.7 Å². The van der Waals surface area contributed by atoms with Gasteiger partial charge in [0.1, 0.15) is 12.7 Å². The van der Waals surface area contributed by atoms with Crippen LogP contribution in [-0.2, 0) is 16.1 Å². The van der Waals surface area contributed by atoms with Crippen molar-refractivity contribution >= 4 is 11.8 Å². The fourth-order valence-corrected chi connectivity index (χ4v) is 4.53. The second kappa shape index (κ2) is 7.37. The SMILES string of the molecule is O=C(CCCn1cncn1)N1CCCC2(CCC(=O)N(CC3CC3)C2)C1. The molecule has 2 amide bonds. The van der Waals surface area contributed by atoms with Crippen molar-refractivity contribution in [3.63, 3.8) is 0 Å². The van der Waals surface area contributed by atoms with E-state index >= 15 is 0 Å². The number of hydrogen-bond acceptors (Lipinski definition) is 4. The quantitative estimate of drug-likeness (QED) is 0.775. The third-order valence-corrected chi connectivity index (χ3v) is 6.18. The van der Waals surface area contributed by atoms with Crippen LogP contribution in [0.25, 0.3) is 0 Å². The van der Waals surface area contributed by atoms with Gasteiger partial charge in [-0.05, 0) is 44.4 Å². The van der Waals surface area contributed by atoms with Crippen molar-refractivity contribution in [3.05, 3.63) is 12.7 Å². The van der Waals surface area contributed by atoms with Crippen molar-refractivity contribution in [1.29, 1.82) is 0 Å². The Balaban J connectivity index is 1.31. The number of likely N-dealkylation sites (tertiary alicyclic amines) is 2. The Morgan fingerprint density at radius 2 is 2.15 bits per heavy atom. The van der Waals surface area contributed by atoms with Gasteiger partial charge in [-0.25, -0.2) is 4.98 Å². The Kier molecular flexibility index (Phi) is 4.96. The number of aromatic nitrogens is 3. The Morgan fingerprint density at radius 3 is 2.92 bits per heavy atom. The first kappa shape index (κ1) is 17.5. The molecule has 0 bridgehead atoms. The van der Waals surface area contributed by atoms with Gasteiger partial charge in [0.15, 0.2) is 0 Å². The lowest BCUT2D eigenvalue weighted by atomic mass is 9.73. The molecular weight excluding hydrogens is 330 g/mol. The van der Waals surface area contributed by atoms with E-state index in [2.05, 4.69) is 19.9 Å². The number of carbonyl (C=O) groups excluding carboxylic acids is 2. The molecule has 0 N–H and O–H groups in total. The van der Waals surface area contributed by atoms with E-state index in [0.29, 0.717) is 18.7 Å². The van der Waals surface area contributed by atoms with E-state index in [1.807, 2.05) is 0 Å². The van der Waals surface area contributed by atoms with Gasteiger partial charge in [0.2, 0.25) is 11.8 Å². The van der Waals surface area contributed by atoms with Gasteiger partial charge < -0.3 is 9.80 Å². The number of rotatable bonds is 6. The lowest BCUT2D eigenvalue weighted by molar-refractivity contribution is -0.143. The molecule has 7 nitrogen and oxygen atoms in total. The smallest absolute Gasteiger partial charge is 0.222 e. The van der Waals surface area contributed by atoms with E-state index < -0.39 is 0 Å². The highest BCUT2D eigenvalue weighted by Crippen LogP contribution is 2.40. The number of nitrogens with zero attached hydrogens (tertiary/aromatic N) is 5. The van der Waals surface area contributed by atoms with E-state index in [0.717, 1.165) is 64.3 Å². The summed E-state index contributed by atoms with van der Waals surface area (Å²) in [5.74, 6) is 1.29. The molecule has 3 aliphatic rings. The monoisotopic (exact) mass is 359 g/mol. The van der Waals surface area contributed by atoms with Gasteiger partial charge in [-0.3, -0.25) is 14.3 Å². The number of hydrogen-bond donors (Lipinski definition) is 0. The molecule has 1 aliphatic carbocycles. The number of piperidine rings is 2. The van der Waals surface area contributed by atoms with Crippen LogP contribution in [0.3, 0.4) is 0 Å². The Hall–Kier alpha value is -1.92. The summed E-state index contributed by atoms with van der Waals surface area (Å²) in [4.78, 5) is 33.0. The highest BCUT2D eigenvalue weighted by Gasteiger charge is 2.43. The minimum Gasteiger partial charge on any atom is -0.342 e. The topological polar surface area (TPSA) is 71.3 Å². The molecule has 3 heterocycles.